The SMILES string of the molecule is CN(C)C1CCN(C(=O)C2(N(C)CCc3ccccc3)Cc3ccccc3C2)C1. The summed E-state index contributed by atoms with van der Waals surface area (Å²) in [5.41, 5.74) is 3.53. The molecule has 1 unspecified atom stereocenters. The van der Waals surface area contributed by atoms with Crippen LogP contribution < -0.4 is 0 Å². The molecule has 29 heavy (non-hydrogen) atoms. The van der Waals surface area contributed by atoms with Crippen molar-refractivity contribution in [2.45, 2.75) is 37.3 Å². The average Bonchev–Trinajstić information content (AvgIpc) is 3.38. The zero-order chi connectivity index (χ0) is 20.4. The largest absolute Gasteiger partial charge is 0.339 e. The van der Waals surface area contributed by atoms with Gasteiger partial charge in [-0.25, -0.2) is 0 Å². The smallest absolute Gasteiger partial charge is 0.243 e. The molecule has 154 valence electrons. The molecule has 1 atom stereocenters. The van der Waals surface area contributed by atoms with Crippen molar-refractivity contribution in [1.29, 1.82) is 0 Å². The minimum atomic E-state index is -0.459. The molecule has 4 heteroatoms. The zero-order valence-corrected chi connectivity index (χ0v) is 18.0. The highest BCUT2D eigenvalue weighted by Gasteiger charge is 2.49. The van der Waals surface area contributed by atoms with Crippen LogP contribution in [-0.4, -0.2) is 73.0 Å². The van der Waals surface area contributed by atoms with E-state index in [9.17, 15) is 4.79 Å². The molecular formula is C25H33N3O. The number of fused-ring (bicyclic) bond motifs is 1. The van der Waals surface area contributed by atoms with Crippen LogP contribution in [0.4, 0.5) is 0 Å². The van der Waals surface area contributed by atoms with Gasteiger partial charge < -0.3 is 9.80 Å². The number of hydrogen-bond donors (Lipinski definition) is 0. The molecule has 1 aliphatic carbocycles. The standard InChI is InChI=1S/C25H33N3O/c1-26(2)23-14-16-28(19-23)24(29)25(17-21-11-7-8-12-22(21)18-25)27(3)15-13-20-9-5-4-6-10-20/h4-12,23H,13-19H2,1-3H3. The van der Waals surface area contributed by atoms with Gasteiger partial charge in [-0.2, -0.15) is 0 Å². The zero-order valence-electron chi connectivity index (χ0n) is 18.0. The second kappa shape index (κ2) is 8.29. The third-order valence-corrected chi connectivity index (χ3v) is 6.97. The fraction of sp³-hybridized carbons (Fsp3) is 0.480. The quantitative estimate of drug-likeness (QED) is 0.758. The number of hydrogen-bond acceptors (Lipinski definition) is 3. The summed E-state index contributed by atoms with van der Waals surface area (Å²) in [6, 6.07) is 19.6. The van der Waals surface area contributed by atoms with E-state index in [2.05, 4.69) is 90.4 Å². The van der Waals surface area contributed by atoms with Crippen molar-refractivity contribution in [3.05, 3.63) is 71.3 Å². The third-order valence-electron chi connectivity index (χ3n) is 6.97. The summed E-state index contributed by atoms with van der Waals surface area (Å²) in [4.78, 5) is 20.6. The fourth-order valence-corrected chi connectivity index (χ4v) is 4.98. The minimum absolute atomic E-state index is 0.314. The van der Waals surface area contributed by atoms with Gasteiger partial charge >= 0.3 is 0 Å². The highest BCUT2D eigenvalue weighted by molar-refractivity contribution is 5.88. The lowest BCUT2D eigenvalue weighted by Crippen LogP contribution is -2.59. The second-order valence-corrected chi connectivity index (χ2v) is 8.97. The highest BCUT2D eigenvalue weighted by atomic mass is 16.2. The molecule has 0 spiro atoms. The predicted octanol–water partition coefficient (Wildman–Crippen LogP) is 2.86. The predicted molar refractivity (Wildman–Crippen MR) is 118 cm³/mol. The van der Waals surface area contributed by atoms with Gasteiger partial charge in [-0.15, -0.1) is 0 Å². The molecule has 1 amide bonds. The number of nitrogens with zero attached hydrogens (tertiary/aromatic N) is 3. The number of likely N-dealkylation sites (tertiary alicyclic amines) is 1. The average molecular weight is 392 g/mol. The monoisotopic (exact) mass is 391 g/mol. The Kier molecular flexibility index (Phi) is 5.75. The molecule has 2 aromatic carbocycles. The number of amides is 1. The van der Waals surface area contributed by atoms with Crippen molar-refractivity contribution in [3.8, 4) is 0 Å². The number of benzene rings is 2. The van der Waals surface area contributed by atoms with Crippen molar-refractivity contribution >= 4 is 5.91 Å². The summed E-state index contributed by atoms with van der Waals surface area (Å²) in [6.07, 6.45) is 3.66. The maximum Gasteiger partial charge on any atom is 0.243 e. The maximum atomic E-state index is 13.9. The van der Waals surface area contributed by atoms with E-state index >= 15 is 0 Å². The molecular weight excluding hydrogens is 358 g/mol. The number of rotatable bonds is 6. The molecule has 2 aromatic rings. The number of likely N-dealkylation sites (N-methyl/N-ethyl adjacent to an activating group) is 2. The number of carbonyl (C=O) groups is 1. The molecule has 1 heterocycles. The van der Waals surface area contributed by atoms with Gasteiger partial charge in [0.05, 0.1) is 0 Å². The van der Waals surface area contributed by atoms with E-state index < -0.39 is 5.54 Å². The first kappa shape index (κ1) is 20.1. The first-order chi connectivity index (χ1) is 14.0. The Morgan fingerprint density at radius 1 is 1.00 bits per heavy atom. The summed E-state index contributed by atoms with van der Waals surface area (Å²) >= 11 is 0. The Hall–Kier alpha value is -2.17. The summed E-state index contributed by atoms with van der Waals surface area (Å²) in [5, 5.41) is 0. The topological polar surface area (TPSA) is 26.8 Å². The Bertz CT molecular complexity index is 823. The summed E-state index contributed by atoms with van der Waals surface area (Å²) in [5.74, 6) is 0.314. The van der Waals surface area contributed by atoms with Crippen LogP contribution in [0.2, 0.25) is 0 Å². The molecule has 0 N–H and O–H groups in total. The minimum Gasteiger partial charge on any atom is -0.339 e. The van der Waals surface area contributed by atoms with Gasteiger partial charge in [0.1, 0.15) is 5.54 Å². The van der Waals surface area contributed by atoms with E-state index in [0.717, 1.165) is 45.3 Å². The molecule has 0 aromatic heterocycles. The van der Waals surface area contributed by atoms with Crippen LogP contribution in [0.25, 0.3) is 0 Å². The Labute approximate surface area is 175 Å². The van der Waals surface area contributed by atoms with Gasteiger partial charge in [0.2, 0.25) is 5.91 Å². The van der Waals surface area contributed by atoms with Gasteiger partial charge in [0, 0.05) is 38.5 Å². The molecule has 4 nitrogen and oxygen atoms in total. The Morgan fingerprint density at radius 2 is 1.62 bits per heavy atom. The number of carbonyl (C=O) groups excluding carboxylic acids is 1. The summed E-state index contributed by atoms with van der Waals surface area (Å²) < 4.78 is 0. The molecule has 1 saturated heterocycles. The van der Waals surface area contributed by atoms with E-state index in [1.165, 1.54) is 16.7 Å². The van der Waals surface area contributed by atoms with E-state index in [1.54, 1.807) is 0 Å². The van der Waals surface area contributed by atoms with E-state index in [0.29, 0.717) is 11.9 Å². The van der Waals surface area contributed by atoms with Crippen LogP contribution in [0, 0.1) is 0 Å². The first-order valence-electron chi connectivity index (χ1n) is 10.8. The molecule has 1 fully saturated rings. The summed E-state index contributed by atoms with van der Waals surface area (Å²) in [6.45, 7) is 2.59. The van der Waals surface area contributed by atoms with Gasteiger partial charge in [-0.1, -0.05) is 54.6 Å². The molecule has 0 bridgehead atoms. The molecule has 0 radical (unpaired) electrons. The van der Waals surface area contributed by atoms with Crippen molar-refractivity contribution in [3.63, 3.8) is 0 Å². The molecule has 0 saturated carbocycles. The summed E-state index contributed by atoms with van der Waals surface area (Å²) in [7, 11) is 6.38. The van der Waals surface area contributed by atoms with Crippen molar-refractivity contribution in [2.24, 2.45) is 0 Å². The van der Waals surface area contributed by atoms with Crippen LogP contribution in [0.1, 0.15) is 23.1 Å². The van der Waals surface area contributed by atoms with Crippen molar-refractivity contribution in [1.82, 2.24) is 14.7 Å². The second-order valence-electron chi connectivity index (χ2n) is 8.97. The third kappa shape index (κ3) is 3.96. The van der Waals surface area contributed by atoms with Gasteiger partial charge in [0.15, 0.2) is 0 Å². The first-order valence-corrected chi connectivity index (χ1v) is 10.8. The molecule has 4 rings (SSSR count). The van der Waals surface area contributed by atoms with Crippen LogP contribution in [0.3, 0.4) is 0 Å². The highest BCUT2D eigenvalue weighted by Crippen LogP contribution is 2.36. The van der Waals surface area contributed by atoms with Crippen molar-refractivity contribution in [2.75, 3.05) is 40.8 Å². The Balaban J connectivity index is 1.56. The van der Waals surface area contributed by atoms with Gasteiger partial charge in [-0.3, -0.25) is 9.69 Å². The molecule has 2 aliphatic rings. The van der Waals surface area contributed by atoms with Gasteiger partial charge in [0.25, 0.3) is 0 Å². The van der Waals surface area contributed by atoms with Crippen LogP contribution >= 0.6 is 0 Å². The van der Waals surface area contributed by atoms with Crippen LogP contribution in [0.5, 0.6) is 0 Å². The van der Waals surface area contributed by atoms with Gasteiger partial charge in [-0.05, 0) is 50.7 Å². The Morgan fingerprint density at radius 3 is 2.21 bits per heavy atom. The fourth-order valence-electron chi connectivity index (χ4n) is 4.98. The van der Waals surface area contributed by atoms with Crippen molar-refractivity contribution < 1.29 is 4.79 Å². The molecule has 1 aliphatic heterocycles. The maximum absolute atomic E-state index is 13.9. The van der Waals surface area contributed by atoms with Crippen LogP contribution in [-0.2, 0) is 24.1 Å². The normalized spacial score (nSPS) is 20.4. The lowest BCUT2D eigenvalue weighted by molar-refractivity contribution is -0.142. The van der Waals surface area contributed by atoms with Crippen LogP contribution in [0.15, 0.2) is 54.6 Å². The lowest BCUT2D eigenvalue weighted by Gasteiger charge is -2.40. The van der Waals surface area contributed by atoms with E-state index in [4.69, 9.17) is 0 Å². The van der Waals surface area contributed by atoms with E-state index in [1.807, 2.05) is 0 Å². The lowest BCUT2D eigenvalue weighted by atomic mass is 9.91. The van der Waals surface area contributed by atoms with E-state index in [-0.39, 0.29) is 0 Å².